The van der Waals surface area contributed by atoms with Gasteiger partial charge in [-0.15, -0.1) is 0 Å². The topological polar surface area (TPSA) is 0 Å². The fraction of sp³-hybridized carbons (Fsp3) is 0.867. The summed E-state index contributed by atoms with van der Waals surface area (Å²) in [6.07, 6.45) is 8.36. The Morgan fingerprint density at radius 2 is 1.93 bits per heavy atom. The van der Waals surface area contributed by atoms with Crippen molar-refractivity contribution >= 4 is 0 Å². The Kier molecular flexibility index (Phi) is 3.23. The van der Waals surface area contributed by atoms with E-state index in [2.05, 4.69) is 33.8 Å². The minimum Gasteiger partial charge on any atom is -0.0819 e. The summed E-state index contributed by atoms with van der Waals surface area (Å²) in [7, 11) is 0. The summed E-state index contributed by atoms with van der Waals surface area (Å²) >= 11 is 0. The summed E-state index contributed by atoms with van der Waals surface area (Å²) in [5.41, 5.74) is 1.65. The van der Waals surface area contributed by atoms with Crippen LogP contribution in [0.4, 0.5) is 0 Å². The van der Waals surface area contributed by atoms with E-state index >= 15 is 0 Å². The SMILES string of the molecule is CC1=C[C@H]2[C@@H](CC1)[C@H](C)CC[C@H]2C(C)C. The fourth-order valence-electron chi connectivity index (χ4n) is 3.87. The van der Waals surface area contributed by atoms with Crippen molar-refractivity contribution < 1.29 is 0 Å². The molecule has 0 heteroatoms. The summed E-state index contributed by atoms with van der Waals surface area (Å²) in [5, 5.41) is 0. The van der Waals surface area contributed by atoms with Crippen molar-refractivity contribution in [1.29, 1.82) is 0 Å². The molecule has 86 valence electrons. The minimum atomic E-state index is 0.868. The van der Waals surface area contributed by atoms with Gasteiger partial charge in [-0.25, -0.2) is 0 Å². The highest BCUT2D eigenvalue weighted by Crippen LogP contribution is 2.47. The molecule has 0 aromatic carbocycles. The highest BCUT2D eigenvalue weighted by Gasteiger charge is 2.38. The second kappa shape index (κ2) is 4.31. The molecule has 0 unspecified atom stereocenters. The van der Waals surface area contributed by atoms with Crippen LogP contribution >= 0.6 is 0 Å². The third kappa shape index (κ3) is 2.14. The summed E-state index contributed by atoms with van der Waals surface area (Å²) in [5.74, 6) is 4.69. The Morgan fingerprint density at radius 1 is 1.20 bits per heavy atom. The van der Waals surface area contributed by atoms with Crippen molar-refractivity contribution in [1.82, 2.24) is 0 Å². The summed E-state index contributed by atoms with van der Waals surface area (Å²) in [6.45, 7) is 9.63. The number of allylic oxidation sites excluding steroid dienone is 2. The van der Waals surface area contributed by atoms with Crippen LogP contribution in [0.15, 0.2) is 11.6 Å². The number of hydrogen-bond donors (Lipinski definition) is 0. The zero-order valence-electron chi connectivity index (χ0n) is 10.8. The molecule has 0 amide bonds. The molecule has 15 heavy (non-hydrogen) atoms. The lowest BCUT2D eigenvalue weighted by Gasteiger charge is -2.45. The van der Waals surface area contributed by atoms with E-state index < -0.39 is 0 Å². The van der Waals surface area contributed by atoms with Gasteiger partial charge in [0.1, 0.15) is 0 Å². The second-order valence-corrected chi connectivity index (χ2v) is 6.26. The van der Waals surface area contributed by atoms with Crippen LogP contribution in [0.25, 0.3) is 0 Å². The predicted octanol–water partition coefficient (Wildman–Crippen LogP) is 4.66. The van der Waals surface area contributed by atoms with Crippen LogP contribution in [0, 0.1) is 29.6 Å². The van der Waals surface area contributed by atoms with Crippen LogP contribution < -0.4 is 0 Å². The van der Waals surface area contributed by atoms with E-state index in [0.717, 1.165) is 29.6 Å². The first-order valence-corrected chi connectivity index (χ1v) is 6.77. The Hall–Kier alpha value is -0.260. The lowest BCUT2D eigenvalue weighted by molar-refractivity contribution is 0.0882. The molecular formula is C15H26. The van der Waals surface area contributed by atoms with E-state index in [4.69, 9.17) is 0 Å². The Balaban J connectivity index is 2.20. The van der Waals surface area contributed by atoms with Gasteiger partial charge in [0.15, 0.2) is 0 Å². The molecule has 0 spiro atoms. The molecule has 1 saturated carbocycles. The van der Waals surface area contributed by atoms with Gasteiger partial charge in [-0.2, -0.15) is 0 Å². The van der Waals surface area contributed by atoms with E-state index in [0.29, 0.717) is 0 Å². The van der Waals surface area contributed by atoms with Gasteiger partial charge in [0.05, 0.1) is 0 Å². The Bertz CT molecular complexity index is 249. The van der Waals surface area contributed by atoms with E-state index in [-0.39, 0.29) is 0 Å². The van der Waals surface area contributed by atoms with Gasteiger partial charge in [-0.05, 0) is 55.8 Å². The van der Waals surface area contributed by atoms with Crippen LogP contribution in [0.1, 0.15) is 53.4 Å². The van der Waals surface area contributed by atoms with Crippen LogP contribution in [0.3, 0.4) is 0 Å². The number of rotatable bonds is 1. The third-order valence-corrected chi connectivity index (χ3v) is 4.88. The maximum atomic E-state index is 2.62. The molecule has 4 atom stereocenters. The molecule has 0 heterocycles. The van der Waals surface area contributed by atoms with Gasteiger partial charge in [-0.3, -0.25) is 0 Å². The zero-order chi connectivity index (χ0) is 11.0. The van der Waals surface area contributed by atoms with Gasteiger partial charge < -0.3 is 0 Å². The van der Waals surface area contributed by atoms with Gasteiger partial charge in [0, 0.05) is 0 Å². The molecule has 0 aromatic heterocycles. The standard InChI is InChI=1S/C15H26/c1-10(2)13-8-6-12(4)14-7-5-11(3)9-15(13)14/h9-10,12-15H,5-8H2,1-4H3/t12-,13+,14+,15-/m1/s1. The fourth-order valence-corrected chi connectivity index (χ4v) is 3.87. The highest BCUT2D eigenvalue weighted by molar-refractivity contribution is 5.10. The minimum absolute atomic E-state index is 0.868. The molecule has 0 nitrogen and oxygen atoms in total. The average Bonchev–Trinajstić information content (AvgIpc) is 2.17. The predicted molar refractivity (Wildman–Crippen MR) is 66.7 cm³/mol. The van der Waals surface area contributed by atoms with E-state index in [1.807, 2.05) is 0 Å². The van der Waals surface area contributed by atoms with Gasteiger partial charge >= 0.3 is 0 Å². The average molecular weight is 206 g/mol. The molecule has 0 bridgehead atoms. The molecule has 0 aromatic rings. The normalized spacial score (nSPS) is 41.3. The second-order valence-electron chi connectivity index (χ2n) is 6.26. The molecule has 2 aliphatic rings. The number of hydrogen-bond acceptors (Lipinski definition) is 0. The van der Waals surface area contributed by atoms with E-state index in [9.17, 15) is 0 Å². The van der Waals surface area contributed by atoms with Crippen LogP contribution in [-0.2, 0) is 0 Å². The third-order valence-electron chi connectivity index (χ3n) is 4.88. The molecule has 2 aliphatic carbocycles. The molecular weight excluding hydrogens is 180 g/mol. The first kappa shape index (κ1) is 11.2. The van der Waals surface area contributed by atoms with Crippen molar-refractivity contribution in [3.63, 3.8) is 0 Å². The maximum Gasteiger partial charge on any atom is -0.0169 e. The molecule has 0 radical (unpaired) electrons. The van der Waals surface area contributed by atoms with Crippen molar-refractivity contribution in [3.05, 3.63) is 11.6 Å². The van der Waals surface area contributed by atoms with Crippen molar-refractivity contribution in [3.8, 4) is 0 Å². The summed E-state index contributed by atoms with van der Waals surface area (Å²) < 4.78 is 0. The van der Waals surface area contributed by atoms with E-state index in [1.165, 1.54) is 25.7 Å². The molecule has 0 aliphatic heterocycles. The summed E-state index contributed by atoms with van der Waals surface area (Å²) in [4.78, 5) is 0. The Morgan fingerprint density at radius 3 is 2.60 bits per heavy atom. The van der Waals surface area contributed by atoms with Crippen LogP contribution in [0.5, 0.6) is 0 Å². The lowest BCUT2D eigenvalue weighted by atomic mass is 9.60. The van der Waals surface area contributed by atoms with Crippen LogP contribution in [-0.4, -0.2) is 0 Å². The molecule has 0 N–H and O–H groups in total. The monoisotopic (exact) mass is 206 g/mol. The number of fused-ring (bicyclic) bond motifs is 1. The maximum absolute atomic E-state index is 2.62. The molecule has 2 rings (SSSR count). The smallest absolute Gasteiger partial charge is 0.0169 e. The van der Waals surface area contributed by atoms with Crippen LogP contribution in [0.2, 0.25) is 0 Å². The van der Waals surface area contributed by atoms with Gasteiger partial charge in [0.2, 0.25) is 0 Å². The molecule has 1 fully saturated rings. The summed E-state index contributed by atoms with van der Waals surface area (Å²) in [6, 6.07) is 0. The highest BCUT2D eigenvalue weighted by atomic mass is 14.4. The van der Waals surface area contributed by atoms with Crippen molar-refractivity contribution in [2.75, 3.05) is 0 Å². The first-order valence-electron chi connectivity index (χ1n) is 6.77. The molecule has 0 saturated heterocycles. The van der Waals surface area contributed by atoms with E-state index in [1.54, 1.807) is 5.57 Å². The quantitative estimate of drug-likeness (QED) is 0.547. The first-order chi connectivity index (χ1) is 7.09. The Labute approximate surface area is 95.1 Å². The van der Waals surface area contributed by atoms with Crippen molar-refractivity contribution in [2.24, 2.45) is 29.6 Å². The lowest BCUT2D eigenvalue weighted by Crippen LogP contribution is -2.36. The van der Waals surface area contributed by atoms with Crippen molar-refractivity contribution in [2.45, 2.75) is 53.4 Å². The zero-order valence-corrected chi connectivity index (χ0v) is 10.8. The largest absolute Gasteiger partial charge is 0.0819 e. The van der Waals surface area contributed by atoms with Gasteiger partial charge in [0.25, 0.3) is 0 Å². The van der Waals surface area contributed by atoms with Gasteiger partial charge in [-0.1, -0.05) is 38.8 Å².